The van der Waals surface area contributed by atoms with E-state index in [0.29, 0.717) is 13.0 Å². The van der Waals surface area contributed by atoms with Gasteiger partial charge < -0.3 is 15.2 Å². The number of carboxylic acids is 1. The molecule has 0 bridgehead atoms. The maximum Gasteiger partial charge on any atom is 0.356 e. The molecule has 1 aliphatic heterocycles. The molecule has 2 rings (SSSR count). The number of aromatic nitrogens is 1. The summed E-state index contributed by atoms with van der Waals surface area (Å²) in [5.41, 5.74) is 0.0272. The summed E-state index contributed by atoms with van der Waals surface area (Å²) in [7, 11) is 0. The minimum absolute atomic E-state index is 0.168. The molecule has 1 saturated heterocycles. The molecule has 1 unspecified atom stereocenters. The molecule has 0 radical (unpaired) electrons. The van der Waals surface area contributed by atoms with Gasteiger partial charge in [-0.05, 0) is 25.0 Å². The van der Waals surface area contributed by atoms with E-state index in [1.165, 1.54) is 12.3 Å². The van der Waals surface area contributed by atoms with Crippen molar-refractivity contribution in [3.63, 3.8) is 0 Å². The number of nitrogens with one attached hydrogen (secondary N) is 1. The van der Waals surface area contributed by atoms with E-state index in [9.17, 15) is 9.59 Å². The molecule has 0 aliphatic carbocycles. The zero-order valence-electron chi connectivity index (χ0n) is 9.05. The topological polar surface area (TPSA) is 88.5 Å². The van der Waals surface area contributed by atoms with Gasteiger partial charge in [0.15, 0.2) is 5.69 Å². The maximum absolute atomic E-state index is 11.7. The van der Waals surface area contributed by atoms with Crippen LogP contribution in [0.25, 0.3) is 0 Å². The first-order valence-corrected chi connectivity index (χ1v) is 5.29. The van der Waals surface area contributed by atoms with Crippen LogP contribution in [0.1, 0.15) is 23.3 Å². The first-order chi connectivity index (χ1) is 8.18. The van der Waals surface area contributed by atoms with Crippen molar-refractivity contribution in [2.24, 2.45) is 0 Å². The predicted octanol–water partition coefficient (Wildman–Crippen LogP) is 0.897. The lowest BCUT2D eigenvalue weighted by Gasteiger charge is -2.11. The molecule has 6 heteroatoms. The monoisotopic (exact) mass is 236 g/mol. The van der Waals surface area contributed by atoms with Gasteiger partial charge in [0.2, 0.25) is 0 Å². The van der Waals surface area contributed by atoms with Crippen molar-refractivity contribution >= 4 is 17.6 Å². The summed E-state index contributed by atoms with van der Waals surface area (Å²) in [6.45, 7) is 0.566. The summed E-state index contributed by atoms with van der Waals surface area (Å²) in [4.78, 5) is 26.3. The first kappa shape index (κ1) is 11.5. The van der Waals surface area contributed by atoms with Gasteiger partial charge in [0.05, 0.1) is 5.69 Å². The Kier molecular flexibility index (Phi) is 3.34. The third kappa shape index (κ3) is 2.59. The largest absolute Gasteiger partial charge is 0.476 e. The standard InChI is InChI=1S/C11H12N2O4/c14-10(8-4-2-6-17-8)13-7-3-1-5-12-9(7)11(15)16/h1,3,5,8H,2,4,6H2,(H,13,14)(H,15,16). The van der Waals surface area contributed by atoms with Crippen LogP contribution in [0, 0.1) is 0 Å². The summed E-state index contributed by atoms with van der Waals surface area (Å²) in [6, 6.07) is 3.07. The highest BCUT2D eigenvalue weighted by atomic mass is 16.5. The van der Waals surface area contributed by atoms with E-state index < -0.39 is 12.1 Å². The molecule has 17 heavy (non-hydrogen) atoms. The van der Waals surface area contributed by atoms with E-state index in [0.717, 1.165) is 6.42 Å². The second kappa shape index (κ2) is 4.92. The Morgan fingerprint density at radius 1 is 1.53 bits per heavy atom. The van der Waals surface area contributed by atoms with Gasteiger partial charge >= 0.3 is 5.97 Å². The summed E-state index contributed by atoms with van der Waals surface area (Å²) >= 11 is 0. The number of ether oxygens (including phenoxy) is 1. The number of aromatic carboxylic acids is 1. The molecule has 1 amide bonds. The van der Waals surface area contributed by atoms with Crippen molar-refractivity contribution in [1.29, 1.82) is 0 Å². The molecule has 1 aromatic heterocycles. The maximum atomic E-state index is 11.7. The molecule has 1 atom stereocenters. The average molecular weight is 236 g/mol. The normalized spacial score (nSPS) is 18.9. The molecule has 1 aromatic rings. The SMILES string of the molecule is O=C(O)c1ncccc1NC(=O)C1CCCO1. The lowest BCUT2D eigenvalue weighted by molar-refractivity contribution is -0.124. The number of carbonyl (C=O) groups excluding carboxylic acids is 1. The lowest BCUT2D eigenvalue weighted by atomic mass is 10.2. The fourth-order valence-electron chi connectivity index (χ4n) is 1.67. The van der Waals surface area contributed by atoms with Crippen LogP contribution in [0.3, 0.4) is 0 Å². The Labute approximate surface area is 97.6 Å². The van der Waals surface area contributed by atoms with Crippen molar-refractivity contribution in [3.05, 3.63) is 24.0 Å². The Balaban J connectivity index is 2.12. The predicted molar refractivity (Wildman–Crippen MR) is 58.8 cm³/mol. The van der Waals surface area contributed by atoms with Crippen LogP contribution in [-0.2, 0) is 9.53 Å². The number of carbonyl (C=O) groups is 2. The number of carboxylic acid groups (broad SMARTS) is 1. The summed E-state index contributed by atoms with van der Waals surface area (Å²) < 4.78 is 5.21. The number of hydrogen-bond donors (Lipinski definition) is 2. The fraction of sp³-hybridized carbons (Fsp3) is 0.364. The van der Waals surface area contributed by atoms with Crippen molar-refractivity contribution in [2.75, 3.05) is 11.9 Å². The van der Waals surface area contributed by atoms with E-state index in [-0.39, 0.29) is 17.3 Å². The van der Waals surface area contributed by atoms with Crippen molar-refractivity contribution in [2.45, 2.75) is 18.9 Å². The zero-order valence-corrected chi connectivity index (χ0v) is 9.05. The number of anilines is 1. The number of hydrogen-bond acceptors (Lipinski definition) is 4. The molecule has 0 aromatic carbocycles. The third-order valence-corrected chi connectivity index (χ3v) is 2.49. The van der Waals surface area contributed by atoms with E-state index in [1.54, 1.807) is 6.07 Å². The fourth-order valence-corrected chi connectivity index (χ4v) is 1.67. The van der Waals surface area contributed by atoms with Crippen molar-refractivity contribution < 1.29 is 19.4 Å². The number of nitrogens with zero attached hydrogens (tertiary/aromatic N) is 1. The van der Waals surface area contributed by atoms with E-state index >= 15 is 0 Å². The molecule has 2 N–H and O–H groups in total. The molecule has 6 nitrogen and oxygen atoms in total. The Bertz CT molecular complexity index is 441. The molecule has 0 spiro atoms. The number of amides is 1. The van der Waals surface area contributed by atoms with E-state index in [4.69, 9.17) is 9.84 Å². The van der Waals surface area contributed by atoms with Crippen LogP contribution in [0.5, 0.6) is 0 Å². The van der Waals surface area contributed by atoms with Gasteiger partial charge in [-0.2, -0.15) is 0 Å². The highest BCUT2D eigenvalue weighted by Gasteiger charge is 2.24. The van der Waals surface area contributed by atoms with Gasteiger partial charge in [0.1, 0.15) is 6.10 Å². The number of rotatable bonds is 3. The lowest BCUT2D eigenvalue weighted by Crippen LogP contribution is -2.27. The van der Waals surface area contributed by atoms with Crippen LogP contribution >= 0.6 is 0 Å². The van der Waals surface area contributed by atoms with Gasteiger partial charge in [0, 0.05) is 12.8 Å². The van der Waals surface area contributed by atoms with Crippen molar-refractivity contribution in [1.82, 2.24) is 4.98 Å². The van der Waals surface area contributed by atoms with Crippen LogP contribution in [0.15, 0.2) is 18.3 Å². The smallest absolute Gasteiger partial charge is 0.356 e. The van der Waals surface area contributed by atoms with Gasteiger partial charge in [-0.25, -0.2) is 9.78 Å². The summed E-state index contributed by atoms with van der Waals surface area (Å²) in [6.07, 6.45) is 2.38. The van der Waals surface area contributed by atoms with Gasteiger partial charge in [0.25, 0.3) is 5.91 Å². The second-order valence-corrected chi connectivity index (χ2v) is 3.70. The first-order valence-electron chi connectivity index (χ1n) is 5.29. The highest BCUT2D eigenvalue weighted by molar-refractivity contribution is 6.00. The molecule has 1 fully saturated rings. The Morgan fingerprint density at radius 2 is 2.35 bits per heavy atom. The minimum atomic E-state index is -1.17. The molecular weight excluding hydrogens is 224 g/mol. The van der Waals surface area contributed by atoms with Gasteiger partial charge in [-0.1, -0.05) is 0 Å². The molecular formula is C11H12N2O4. The Hall–Kier alpha value is -1.95. The van der Waals surface area contributed by atoms with Crippen LogP contribution < -0.4 is 5.32 Å². The second-order valence-electron chi connectivity index (χ2n) is 3.70. The molecule has 2 heterocycles. The van der Waals surface area contributed by atoms with Crippen LogP contribution in [0.2, 0.25) is 0 Å². The van der Waals surface area contributed by atoms with Crippen LogP contribution in [-0.4, -0.2) is 34.7 Å². The van der Waals surface area contributed by atoms with E-state index in [2.05, 4.69) is 10.3 Å². The summed E-state index contributed by atoms with van der Waals surface area (Å²) in [5, 5.41) is 11.4. The molecule has 90 valence electrons. The van der Waals surface area contributed by atoms with Gasteiger partial charge in [-0.15, -0.1) is 0 Å². The zero-order chi connectivity index (χ0) is 12.3. The van der Waals surface area contributed by atoms with Crippen LogP contribution in [0.4, 0.5) is 5.69 Å². The molecule has 1 aliphatic rings. The van der Waals surface area contributed by atoms with E-state index in [1.807, 2.05) is 0 Å². The van der Waals surface area contributed by atoms with Gasteiger partial charge in [-0.3, -0.25) is 4.79 Å². The average Bonchev–Trinajstić information content (AvgIpc) is 2.83. The third-order valence-electron chi connectivity index (χ3n) is 2.49. The van der Waals surface area contributed by atoms with Crippen molar-refractivity contribution in [3.8, 4) is 0 Å². The minimum Gasteiger partial charge on any atom is -0.476 e. The highest BCUT2D eigenvalue weighted by Crippen LogP contribution is 2.17. The number of pyridine rings is 1. The molecule has 0 saturated carbocycles. The summed E-state index contributed by atoms with van der Waals surface area (Å²) in [5.74, 6) is -1.49. The Morgan fingerprint density at radius 3 is 3.00 bits per heavy atom. The quantitative estimate of drug-likeness (QED) is 0.813.